The molecule has 0 saturated heterocycles. The number of carbonyl (C=O) groups is 1. The van der Waals surface area contributed by atoms with Crippen LogP contribution in [0.3, 0.4) is 0 Å². The number of nitro groups is 2. The van der Waals surface area contributed by atoms with Gasteiger partial charge in [0.1, 0.15) is 5.75 Å². The summed E-state index contributed by atoms with van der Waals surface area (Å²) in [5, 5.41) is 21.9. The van der Waals surface area contributed by atoms with E-state index in [1.807, 2.05) is 0 Å². The monoisotopic (exact) mass is 327 g/mol. The number of nitrogens with zero attached hydrogens (tertiary/aromatic N) is 3. The number of rotatable bonds is 3. The second-order valence-corrected chi connectivity index (χ2v) is 4.80. The summed E-state index contributed by atoms with van der Waals surface area (Å²) in [5.74, 6) is 0.148. The zero-order valence-electron chi connectivity index (χ0n) is 12.0. The second kappa shape index (κ2) is 5.80. The van der Waals surface area contributed by atoms with Crippen LogP contribution in [0.15, 0.2) is 54.7 Å². The molecule has 2 aromatic carbocycles. The van der Waals surface area contributed by atoms with Crippen molar-refractivity contribution in [3.8, 4) is 5.75 Å². The molecule has 0 unspecified atom stereocenters. The van der Waals surface area contributed by atoms with Crippen LogP contribution >= 0.6 is 0 Å². The van der Waals surface area contributed by atoms with Crippen molar-refractivity contribution in [1.82, 2.24) is 4.57 Å². The van der Waals surface area contributed by atoms with Gasteiger partial charge in [-0.1, -0.05) is 0 Å². The highest BCUT2D eigenvalue weighted by atomic mass is 16.6. The van der Waals surface area contributed by atoms with Gasteiger partial charge in [-0.25, -0.2) is 4.79 Å². The van der Waals surface area contributed by atoms with Crippen LogP contribution in [-0.2, 0) is 0 Å². The van der Waals surface area contributed by atoms with Gasteiger partial charge in [-0.2, -0.15) is 0 Å². The molecule has 24 heavy (non-hydrogen) atoms. The maximum absolute atomic E-state index is 12.2. The van der Waals surface area contributed by atoms with Crippen molar-refractivity contribution in [3.05, 3.63) is 75.0 Å². The first kappa shape index (κ1) is 15.2. The lowest BCUT2D eigenvalue weighted by Crippen LogP contribution is -2.15. The first-order chi connectivity index (χ1) is 11.5. The summed E-state index contributed by atoms with van der Waals surface area (Å²) >= 11 is 0. The Labute approximate surface area is 134 Å². The fourth-order valence-electron chi connectivity index (χ4n) is 2.19. The zero-order chi connectivity index (χ0) is 17.3. The molecule has 0 saturated carbocycles. The molecule has 0 atom stereocenters. The molecule has 0 amide bonds. The molecule has 0 bridgehead atoms. The Bertz CT molecular complexity index is 961. The van der Waals surface area contributed by atoms with Crippen molar-refractivity contribution in [3.63, 3.8) is 0 Å². The third-order valence-electron chi connectivity index (χ3n) is 3.33. The fourth-order valence-corrected chi connectivity index (χ4v) is 2.19. The van der Waals surface area contributed by atoms with Gasteiger partial charge in [0.15, 0.2) is 0 Å². The SMILES string of the molecule is O=C(Oc1ccc([N+](=O)[O-])cc1)n1ccc2cc([N+](=O)[O-])ccc21. The average Bonchev–Trinajstić information content (AvgIpc) is 2.98. The van der Waals surface area contributed by atoms with Crippen molar-refractivity contribution in [2.45, 2.75) is 0 Å². The maximum Gasteiger partial charge on any atom is 0.423 e. The fraction of sp³-hybridized carbons (Fsp3) is 0. The van der Waals surface area contributed by atoms with Gasteiger partial charge < -0.3 is 4.74 Å². The van der Waals surface area contributed by atoms with E-state index in [0.29, 0.717) is 10.9 Å². The lowest BCUT2D eigenvalue weighted by atomic mass is 10.2. The van der Waals surface area contributed by atoms with Crippen LogP contribution in [0.4, 0.5) is 16.2 Å². The van der Waals surface area contributed by atoms with E-state index in [9.17, 15) is 25.0 Å². The van der Waals surface area contributed by atoms with Gasteiger partial charge in [0, 0.05) is 35.8 Å². The molecule has 1 heterocycles. The van der Waals surface area contributed by atoms with Gasteiger partial charge in [-0.15, -0.1) is 0 Å². The molecule has 0 aliphatic rings. The van der Waals surface area contributed by atoms with Gasteiger partial charge in [0.2, 0.25) is 0 Å². The zero-order valence-corrected chi connectivity index (χ0v) is 12.0. The van der Waals surface area contributed by atoms with Gasteiger partial charge in [0.25, 0.3) is 11.4 Å². The molecule has 0 aliphatic carbocycles. The number of fused-ring (bicyclic) bond motifs is 1. The predicted octanol–water partition coefficient (Wildman–Crippen LogP) is 3.50. The third-order valence-corrected chi connectivity index (χ3v) is 3.33. The number of nitro benzene ring substituents is 2. The van der Waals surface area contributed by atoms with Crippen LogP contribution in [0, 0.1) is 20.2 Å². The van der Waals surface area contributed by atoms with Crippen LogP contribution in [0.1, 0.15) is 0 Å². The largest absolute Gasteiger partial charge is 0.423 e. The number of non-ortho nitro benzene ring substituents is 2. The van der Waals surface area contributed by atoms with Crippen LogP contribution in [0.2, 0.25) is 0 Å². The number of ether oxygens (including phenoxy) is 1. The van der Waals surface area contributed by atoms with Crippen molar-refractivity contribution >= 4 is 28.4 Å². The van der Waals surface area contributed by atoms with Crippen LogP contribution in [0.5, 0.6) is 5.75 Å². The van der Waals surface area contributed by atoms with Gasteiger partial charge >= 0.3 is 6.09 Å². The van der Waals surface area contributed by atoms with Crippen molar-refractivity contribution in [2.75, 3.05) is 0 Å². The molecular weight excluding hydrogens is 318 g/mol. The normalized spacial score (nSPS) is 10.5. The molecule has 0 fully saturated rings. The molecule has 0 radical (unpaired) electrons. The maximum atomic E-state index is 12.2. The molecule has 3 rings (SSSR count). The molecule has 9 heteroatoms. The minimum absolute atomic E-state index is 0.0796. The summed E-state index contributed by atoms with van der Waals surface area (Å²) in [6.45, 7) is 0. The smallest absolute Gasteiger partial charge is 0.410 e. The summed E-state index contributed by atoms with van der Waals surface area (Å²) in [6.07, 6.45) is 0.704. The van der Waals surface area contributed by atoms with Crippen molar-refractivity contribution in [2.24, 2.45) is 0 Å². The van der Waals surface area contributed by atoms with Gasteiger partial charge in [0.05, 0.1) is 15.4 Å². The Morgan fingerprint density at radius 1 is 0.917 bits per heavy atom. The second-order valence-electron chi connectivity index (χ2n) is 4.80. The number of carbonyl (C=O) groups excluding carboxylic acids is 1. The van der Waals surface area contributed by atoms with Crippen LogP contribution in [0.25, 0.3) is 10.9 Å². The lowest BCUT2D eigenvalue weighted by molar-refractivity contribution is -0.385. The molecule has 9 nitrogen and oxygen atoms in total. The average molecular weight is 327 g/mol. The van der Waals surface area contributed by atoms with Gasteiger partial charge in [-0.05, 0) is 24.3 Å². The molecule has 0 aliphatic heterocycles. The van der Waals surface area contributed by atoms with Crippen molar-refractivity contribution in [1.29, 1.82) is 0 Å². The highest BCUT2D eigenvalue weighted by Crippen LogP contribution is 2.23. The van der Waals surface area contributed by atoms with E-state index in [0.717, 1.165) is 0 Å². The van der Waals surface area contributed by atoms with Crippen molar-refractivity contribution < 1.29 is 19.4 Å². The van der Waals surface area contributed by atoms with E-state index in [-0.39, 0.29) is 17.1 Å². The van der Waals surface area contributed by atoms with E-state index in [4.69, 9.17) is 4.74 Å². The number of hydrogen-bond acceptors (Lipinski definition) is 6. The summed E-state index contributed by atoms with van der Waals surface area (Å²) in [6, 6.07) is 10.7. The molecule has 120 valence electrons. The Morgan fingerprint density at radius 3 is 2.17 bits per heavy atom. The highest BCUT2D eigenvalue weighted by molar-refractivity contribution is 5.91. The number of hydrogen-bond donors (Lipinski definition) is 0. The molecule has 1 aromatic heterocycles. The Morgan fingerprint density at radius 2 is 1.54 bits per heavy atom. The highest BCUT2D eigenvalue weighted by Gasteiger charge is 2.14. The standard InChI is InChI=1S/C15H9N3O6/c19-15(24-13-4-1-11(2-5-13)17(20)21)16-8-7-10-9-12(18(22)23)3-6-14(10)16/h1-9H. The third kappa shape index (κ3) is 2.77. The van der Waals surface area contributed by atoms with E-state index in [1.165, 1.54) is 53.2 Å². The van der Waals surface area contributed by atoms with E-state index in [1.54, 1.807) is 6.07 Å². The molecule has 0 spiro atoms. The topological polar surface area (TPSA) is 118 Å². The Hall–Kier alpha value is -3.75. The predicted molar refractivity (Wildman–Crippen MR) is 83.1 cm³/mol. The first-order valence-corrected chi connectivity index (χ1v) is 6.68. The summed E-state index contributed by atoms with van der Waals surface area (Å²) in [7, 11) is 0. The van der Waals surface area contributed by atoms with E-state index >= 15 is 0 Å². The first-order valence-electron chi connectivity index (χ1n) is 6.68. The molecular formula is C15H9N3O6. The minimum Gasteiger partial charge on any atom is -0.410 e. The van der Waals surface area contributed by atoms with Crippen LogP contribution < -0.4 is 4.74 Å². The number of aromatic nitrogens is 1. The number of benzene rings is 2. The lowest BCUT2D eigenvalue weighted by Gasteiger charge is -2.06. The minimum atomic E-state index is -0.729. The molecule has 0 N–H and O–H groups in total. The molecule has 3 aromatic rings. The van der Waals surface area contributed by atoms with Crippen LogP contribution in [-0.4, -0.2) is 20.5 Å². The summed E-state index contributed by atoms with van der Waals surface area (Å²) in [5.41, 5.74) is 0.255. The Balaban J connectivity index is 1.86. The summed E-state index contributed by atoms with van der Waals surface area (Å²) < 4.78 is 6.34. The Kier molecular flexibility index (Phi) is 3.66. The quantitative estimate of drug-likeness (QED) is 0.536. The van der Waals surface area contributed by atoms with E-state index in [2.05, 4.69) is 0 Å². The van der Waals surface area contributed by atoms with Gasteiger partial charge in [-0.3, -0.25) is 24.8 Å². The van der Waals surface area contributed by atoms with E-state index < -0.39 is 15.9 Å². The summed E-state index contributed by atoms with van der Waals surface area (Å²) in [4.78, 5) is 32.5.